The van der Waals surface area contributed by atoms with Gasteiger partial charge in [-0.1, -0.05) is 26.6 Å². The van der Waals surface area contributed by atoms with Crippen LogP contribution in [0, 0.1) is 0 Å². The predicted octanol–water partition coefficient (Wildman–Crippen LogP) is 2.01. The van der Waals surface area contributed by atoms with Crippen LogP contribution in [0.3, 0.4) is 0 Å². The van der Waals surface area contributed by atoms with Crippen LogP contribution >= 0.6 is 0 Å². The molecule has 0 bridgehead atoms. The lowest BCUT2D eigenvalue weighted by atomic mass is 10.6. The Morgan fingerprint density at radius 2 is 1.77 bits per heavy atom. The third-order valence-electron chi connectivity index (χ3n) is 1.96. The average molecular weight is 224 g/mol. The molecule has 0 aromatic heterocycles. The molecule has 0 aliphatic heterocycles. The summed E-state index contributed by atoms with van der Waals surface area (Å²) in [6.07, 6.45) is 0.612. The third kappa shape index (κ3) is 5.44. The Morgan fingerprint density at radius 1 is 1.31 bits per heavy atom. The topological polar surface area (TPSA) is 43.4 Å². The van der Waals surface area contributed by atoms with Gasteiger partial charge in [0, 0.05) is 0 Å². The molecule has 0 saturated carbocycles. The van der Waals surface area contributed by atoms with Gasteiger partial charge >= 0.3 is 0 Å². The quantitative estimate of drug-likeness (QED) is 0.530. The first-order valence-electron chi connectivity index (χ1n) is 4.60. The number of hydrogen-bond donors (Lipinski definition) is 0. The van der Waals surface area contributed by atoms with Crippen molar-refractivity contribution in [3.8, 4) is 0 Å². The van der Waals surface area contributed by atoms with Crippen LogP contribution in [0.2, 0.25) is 19.6 Å². The SMILES string of the molecule is CCCS(=O)(=O)OC(C)[Si](C)(C)C. The van der Waals surface area contributed by atoms with E-state index in [-0.39, 0.29) is 11.5 Å². The van der Waals surface area contributed by atoms with Crippen molar-refractivity contribution in [1.82, 2.24) is 0 Å². The molecule has 3 nitrogen and oxygen atoms in total. The van der Waals surface area contributed by atoms with Gasteiger partial charge < -0.3 is 0 Å². The molecule has 1 unspecified atom stereocenters. The van der Waals surface area contributed by atoms with E-state index >= 15 is 0 Å². The van der Waals surface area contributed by atoms with Gasteiger partial charge in [-0.25, -0.2) is 0 Å². The van der Waals surface area contributed by atoms with E-state index in [9.17, 15) is 8.42 Å². The maximum Gasteiger partial charge on any atom is 0.267 e. The lowest BCUT2D eigenvalue weighted by Gasteiger charge is -2.24. The van der Waals surface area contributed by atoms with E-state index in [0.29, 0.717) is 6.42 Å². The highest BCUT2D eigenvalue weighted by Gasteiger charge is 2.27. The highest BCUT2D eigenvalue weighted by molar-refractivity contribution is 7.86. The highest BCUT2D eigenvalue weighted by atomic mass is 32.2. The smallest absolute Gasteiger partial charge is 0.267 e. The molecule has 0 aliphatic rings. The summed E-state index contributed by atoms with van der Waals surface area (Å²) in [7, 11) is -4.78. The van der Waals surface area contributed by atoms with Gasteiger partial charge in [-0.15, -0.1) is 0 Å². The maximum absolute atomic E-state index is 11.3. The van der Waals surface area contributed by atoms with E-state index in [0.717, 1.165) is 0 Å². The van der Waals surface area contributed by atoms with Crippen molar-refractivity contribution >= 4 is 18.2 Å². The summed E-state index contributed by atoms with van der Waals surface area (Å²) in [5.41, 5.74) is -0.135. The fraction of sp³-hybridized carbons (Fsp3) is 1.00. The second-order valence-electron chi connectivity index (χ2n) is 4.37. The average Bonchev–Trinajstić information content (AvgIpc) is 1.83. The summed E-state index contributed by atoms with van der Waals surface area (Å²) < 4.78 is 27.7. The molecule has 80 valence electrons. The largest absolute Gasteiger partial charge is 0.271 e. The molecule has 0 amide bonds. The summed E-state index contributed by atoms with van der Waals surface area (Å²) in [5, 5.41) is 0. The summed E-state index contributed by atoms with van der Waals surface area (Å²) >= 11 is 0. The van der Waals surface area contributed by atoms with Crippen molar-refractivity contribution < 1.29 is 12.6 Å². The van der Waals surface area contributed by atoms with Crippen LogP contribution in [-0.4, -0.2) is 28.0 Å². The van der Waals surface area contributed by atoms with E-state index < -0.39 is 18.2 Å². The molecule has 0 aromatic rings. The first-order valence-corrected chi connectivity index (χ1v) is 9.75. The van der Waals surface area contributed by atoms with Gasteiger partial charge in [-0.05, 0) is 13.3 Å². The van der Waals surface area contributed by atoms with Crippen LogP contribution in [0.15, 0.2) is 0 Å². The molecule has 0 aromatic carbocycles. The van der Waals surface area contributed by atoms with Crippen LogP contribution in [-0.2, 0) is 14.3 Å². The minimum Gasteiger partial charge on any atom is -0.271 e. The summed E-state index contributed by atoms with van der Waals surface area (Å²) in [5.74, 6) is 0.127. The van der Waals surface area contributed by atoms with Gasteiger partial charge in [0.25, 0.3) is 10.1 Å². The molecule has 0 radical (unpaired) electrons. The predicted molar refractivity (Wildman–Crippen MR) is 58.0 cm³/mol. The number of rotatable bonds is 5. The van der Waals surface area contributed by atoms with Gasteiger partial charge in [0.2, 0.25) is 0 Å². The molecule has 0 aliphatic carbocycles. The molecule has 0 rings (SSSR count). The van der Waals surface area contributed by atoms with Crippen molar-refractivity contribution in [2.75, 3.05) is 5.75 Å². The molecule has 0 heterocycles. The fourth-order valence-corrected chi connectivity index (χ4v) is 3.29. The van der Waals surface area contributed by atoms with Crippen molar-refractivity contribution in [2.24, 2.45) is 0 Å². The zero-order chi connectivity index (χ0) is 10.7. The summed E-state index contributed by atoms with van der Waals surface area (Å²) in [4.78, 5) is 0. The Hall–Kier alpha value is 0.127. The monoisotopic (exact) mass is 224 g/mol. The minimum atomic E-state index is -3.28. The molecular weight excluding hydrogens is 204 g/mol. The van der Waals surface area contributed by atoms with Crippen LogP contribution < -0.4 is 0 Å². The van der Waals surface area contributed by atoms with Crippen LogP contribution in [0.25, 0.3) is 0 Å². The third-order valence-corrected chi connectivity index (χ3v) is 6.18. The van der Waals surface area contributed by atoms with Gasteiger partial charge in [0.1, 0.15) is 0 Å². The Morgan fingerprint density at radius 3 is 2.08 bits per heavy atom. The lowest BCUT2D eigenvalue weighted by Crippen LogP contribution is -2.39. The Kier molecular flexibility index (Phi) is 4.61. The molecule has 0 fully saturated rings. The maximum atomic E-state index is 11.3. The molecule has 0 spiro atoms. The molecular formula is C8H20O3SSi. The fourth-order valence-electron chi connectivity index (χ4n) is 0.662. The first-order chi connectivity index (χ1) is 5.69. The molecule has 1 atom stereocenters. The second-order valence-corrected chi connectivity index (χ2v) is 11.6. The standard InChI is InChI=1S/C8H20O3SSi/c1-6-7-12(9,10)11-8(2)13(3,4)5/h8H,6-7H2,1-5H3. The van der Waals surface area contributed by atoms with Crippen LogP contribution in [0.1, 0.15) is 20.3 Å². The van der Waals surface area contributed by atoms with Gasteiger partial charge in [0.15, 0.2) is 0 Å². The molecule has 0 N–H and O–H groups in total. The van der Waals surface area contributed by atoms with Crippen LogP contribution in [0.5, 0.6) is 0 Å². The van der Waals surface area contributed by atoms with E-state index in [1.54, 1.807) is 0 Å². The Bertz CT molecular complexity index is 241. The van der Waals surface area contributed by atoms with Gasteiger partial charge in [0.05, 0.1) is 19.6 Å². The molecule has 0 saturated heterocycles. The second kappa shape index (κ2) is 4.57. The van der Waals surface area contributed by atoms with Crippen molar-refractivity contribution in [2.45, 2.75) is 45.6 Å². The number of hydrogen-bond acceptors (Lipinski definition) is 3. The van der Waals surface area contributed by atoms with E-state index in [1.807, 2.05) is 13.8 Å². The lowest BCUT2D eigenvalue weighted by molar-refractivity contribution is 0.292. The van der Waals surface area contributed by atoms with E-state index in [2.05, 4.69) is 19.6 Å². The Balaban J connectivity index is 4.29. The van der Waals surface area contributed by atoms with Crippen molar-refractivity contribution in [3.63, 3.8) is 0 Å². The normalized spacial score (nSPS) is 15.8. The zero-order valence-corrected chi connectivity index (χ0v) is 10.9. The van der Waals surface area contributed by atoms with Gasteiger partial charge in [-0.2, -0.15) is 8.42 Å². The van der Waals surface area contributed by atoms with Crippen molar-refractivity contribution in [3.05, 3.63) is 0 Å². The van der Waals surface area contributed by atoms with Crippen molar-refractivity contribution in [1.29, 1.82) is 0 Å². The first kappa shape index (κ1) is 13.1. The molecule has 13 heavy (non-hydrogen) atoms. The zero-order valence-electron chi connectivity index (χ0n) is 9.12. The Labute approximate surface area is 82.6 Å². The van der Waals surface area contributed by atoms with Crippen LogP contribution in [0.4, 0.5) is 0 Å². The minimum absolute atomic E-state index is 0.127. The van der Waals surface area contributed by atoms with Gasteiger partial charge in [-0.3, -0.25) is 4.18 Å². The highest BCUT2D eigenvalue weighted by Crippen LogP contribution is 2.14. The van der Waals surface area contributed by atoms with E-state index in [1.165, 1.54) is 0 Å². The van der Waals surface area contributed by atoms with E-state index in [4.69, 9.17) is 4.18 Å². The summed E-state index contributed by atoms with van der Waals surface area (Å²) in [6.45, 7) is 9.97. The molecule has 5 heteroatoms. The summed E-state index contributed by atoms with van der Waals surface area (Å²) in [6, 6.07) is 0.